The van der Waals surface area contributed by atoms with Gasteiger partial charge in [0.05, 0.1) is 5.25 Å². The lowest BCUT2D eigenvalue weighted by Gasteiger charge is -2.09. The number of thiol groups is 1. The van der Waals surface area contributed by atoms with E-state index in [1.807, 2.05) is 18.2 Å². The molecule has 1 amide bonds. The third-order valence-corrected chi connectivity index (χ3v) is 2.75. The first kappa shape index (κ1) is 11.7. The van der Waals surface area contributed by atoms with Gasteiger partial charge in [0.15, 0.2) is 0 Å². The lowest BCUT2D eigenvalue weighted by Crippen LogP contribution is -2.27. The van der Waals surface area contributed by atoms with Gasteiger partial charge in [0, 0.05) is 24.5 Å². The number of amides is 1. The number of hydrogen-bond acceptors (Lipinski definition) is 3. The first-order valence-corrected chi connectivity index (χ1v) is 5.79. The van der Waals surface area contributed by atoms with Gasteiger partial charge in [-0.2, -0.15) is 12.6 Å². The molecular formula is C12H13N3OS. The minimum atomic E-state index is -0.127. The Morgan fingerprint density at radius 1 is 1.41 bits per heavy atom. The zero-order valence-electron chi connectivity index (χ0n) is 9.13. The zero-order valence-corrected chi connectivity index (χ0v) is 10.0. The average molecular weight is 247 g/mol. The van der Waals surface area contributed by atoms with Crippen molar-refractivity contribution in [2.45, 2.75) is 5.25 Å². The van der Waals surface area contributed by atoms with Crippen molar-refractivity contribution in [2.75, 3.05) is 6.54 Å². The highest BCUT2D eigenvalue weighted by molar-refractivity contribution is 7.80. The van der Waals surface area contributed by atoms with Crippen molar-refractivity contribution in [1.29, 1.82) is 0 Å². The summed E-state index contributed by atoms with van der Waals surface area (Å²) < 4.78 is 0. The number of rotatable bonds is 4. The van der Waals surface area contributed by atoms with Crippen LogP contribution in [0.5, 0.6) is 0 Å². The summed E-state index contributed by atoms with van der Waals surface area (Å²) >= 11 is 4.36. The van der Waals surface area contributed by atoms with E-state index in [1.165, 1.54) is 0 Å². The van der Waals surface area contributed by atoms with Crippen molar-refractivity contribution in [3.63, 3.8) is 0 Å². The van der Waals surface area contributed by atoms with Gasteiger partial charge in [0.2, 0.25) is 0 Å². The molecule has 0 saturated heterocycles. The number of nitrogens with one attached hydrogen (secondary N) is 2. The van der Waals surface area contributed by atoms with Crippen LogP contribution in [-0.2, 0) is 0 Å². The molecule has 0 aliphatic rings. The summed E-state index contributed by atoms with van der Waals surface area (Å²) in [7, 11) is 0. The number of carbonyl (C=O) groups is 1. The highest BCUT2D eigenvalue weighted by atomic mass is 32.1. The van der Waals surface area contributed by atoms with E-state index in [-0.39, 0.29) is 11.2 Å². The number of hydrogen-bond donors (Lipinski definition) is 3. The molecule has 0 aliphatic carbocycles. The second-order valence-corrected chi connectivity index (χ2v) is 4.19. The Kier molecular flexibility index (Phi) is 3.82. The number of aromatic amines is 1. The van der Waals surface area contributed by atoms with Crippen LogP contribution in [0.25, 0.3) is 0 Å². The molecule has 0 fully saturated rings. The minimum absolute atomic E-state index is 0.101. The Hall–Kier alpha value is -1.75. The first-order chi connectivity index (χ1) is 8.27. The molecule has 0 aliphatic heterocycles. The molecule has 1 unspecified atom stereocenters. The van der Waals surface area contributed by atoms with Crippen molar-refractivity contribution in [1.82, 2.24) is 15.3 Å². The third kappa shape index (κ3) is 3.10. The molecule has 2 aromatic rings. The molecule has 5 heteroatoms. The van der Waals surface area contributed by atoms with E-state index in [4.69, 9.17) is 0 Å². The monoisotopic (exact) mass is 247 g/mol. The topological polar surface area (TPSA) is 57.8 Å². The van der Waals surface area contributed by atoms with Gasteiger partial charge in [-0.3, -0.25) is 4.79 Å². The second kappa shape index (κ2) is 5.54. The summed E-state index contributed by atoms with van der Waals surface area (Å²) in [6.45, 7) is 0.435. The van der Waals surface area contributed by atoms with E-state index >= 15 is 0 Å². The molecule has 0 radical (unpaired) electrons. The lowest BCUT2D eigenvalue weighted by molar-refractivity contribution is 0.0953. The molecule has 1 aromatic carbocycles. The molecule has 1 heterocycles. The summed E-state index contributed by atoms with van der Waals surface area (Å²) in [6, 6.07) is 9.09. The van der Waals surface area contributed by atoms with E-state index in [0.29, 0.717) is 12.1 Å². The fraction of sp³-hybridized carbons (Fsp3) is 0.167. The quantitative estimate of drug-likeness (QED) is 0.722. The van der Waals surface area contributed by atoms with Crippen LogP contribution in [0, 0.1) is 0 Å². The summed E-state index contributed by atoms with van der Waals surface area (Å²) in [6.07, 6.45) is 3.40. The van der Waals surface area contributed by atoms with E-state index in [9.17, 15) is 4.79 Å². The number of carbonyl (C=O) groups excluding carboxylic acids is 1. The predicted molar refractivity (Wildman–Crippen MR) is 69.1 cm³/mol. The Morgan fingerprint density at radius 2 is 2.18 bits per heavy atom. The minimum Gasteiger partial charge on any atom is -0.350 e. The van der Waals surface area contributed by atoms with E-state index in [2.05, 4.69) is 27.9 Å². The standard InChI is InChI=1S/C12H13N3OS/c16-12(9-4-2-1-3-5-9)15-8-10(17)11-13-6-7-14-11/h1-7,10,17H,8H2,(H,13,14)(H,15,16). The Morgan fingerprint density at radius 3 is 2.82 bits per heavy atom. The van der Waals surface area contributed by atoms with Gasteiger partial charge >= 0.3 is 0 Å². The van der Waals surface area contributed by atoms with Crippen molar-refractivity contribution in [3.8, 4) is 0 Å². The number of aromatic nitrogens is 2. The largest absolute Gasteiger partial charge is 0.350 e. The molecule has 0 bridgehead atoms. The fourth-order valence-electron chi connectivity index (χ4n) is 1.44. The van der Waals surface area contributed by atoms with Crippen LogP contribution >= 0.6 is 12.6 Å². The number of imidazole rings is 1. The van der Waals surface area contributed by atoms with Crippen LogP contribution in [0.4, 0.5) is 0 Å². The van der Waals surface area contributed by atoms with Crippen molar-refractivity contribution in [3.05, 3.63) is 54.1 Å². The molecule has 0 saturated carbocycles. The van der Waals surface area contributed by atoms with Crippen LogP contribution in [0.1, 0.15) is 21.4 Å². The maximum Gasteiger partial charge on any atom is 0.251 e. The summed E-state index contributed by atoms with van der Waals surface area (Å²) in [5.74, 6) is 0.651. The summed E-state index contributed by atoms with van der Waals surface area (Å²) in [5, 5.41) is 2.68. The average Bonchev–Trinajstić information content (AvgIpc) is 2.90. The van der Waals surface area contributed by atoms with Crippen LogP contribution < -0.4 is 5.32 Å². The van der Waals surface area contributed by atoms with Crippen LogP contribution in [0.3, 0.4) is 0 Å². The number of H-pyrrole nitrogens is 1. The fourth-order valence-corrected chi connectivity index (χ4v) is 1.67. The highest BCUT2D eigenvalue weighted by Gasteiger charge is 2.11. The highest BCUT2D eigenvalue weighted by Crippen LogP contribution is 2.13. The van der Waals surface area contributed by atoms with E-state index < -0.39 is 0 Å². The normalized spacial score (nSPS) is 12.1. The van der Waals surface area contributed by atoms with Crippen LogP contribution in [-0.4, -0.2) is 22.4 Å². The molecule has 17 heavy (non-hydrogen) atoms. The molecule has 4 nitrogen and oxygen atoms in total. The Bertz CT molecular complexity index is 470. The van der Waals surface area contributed by atoms with Gasteiger partial charge in [0.25, 0.3) is 5.91 Å². The third-order valence-electron chi connectivity index (χ3n) is 2.33. The predicted octanol–water partition coefficient (Wildman–Crippen LogP) is 1.81. The maximum absolute atomic E-state index is 11.7. The number of benzene rings is 1. The van der Waals surface area contributed by atoms with Gasteiger partial charge < -0.3 is 10.3 Å². The molecule has 1 atom stereocenters. The summed E-state index contributed by atoms with van der Waals surface area (Å²) in [5.41, 5.74) is 0.646. The van der Waals surface area contributed by atoms with E-state index in [0.717, 1.165) is 5.82 Å². The molecule has 2 rings (SSSR count). The van der Waals surface area contributed by atoms with E-state index in [1.54, 1.807) is 24.5 Å². The van der Waals surface area contributed by atoms with Gasteiger partial charge in [-0.05, 0) is 12.1 Å². The molecule has 1 aromatic heterocycles. The smallest absolute Gasteiger partial charge is 0.251 e. The van der Waals surface area contributed by atoms with Crippen molar-refractivity contribution < 1.29 is 4.79 Å². The summed E-state index contributed by atoms with van der Waals surface area (Å²) in [4.78, 5) is 18.8. The molecule has 88 valence electrons. The van der Waals surface area contributed by atoms with Crippen molar-refractivity contribution in [2.24, 2.45) is 0 Å². The second-order valence-electron chi connectivity index (χ2n) is 3.57. The first-order valence-electron chi connectivity index (χ1n) is 5.28. The van der Waals surface area contributed by atoms with Gasteiger partial charge in [-0.15, -0.1) is 0 Å². The van der Waals surface area contributed by atoms with Crippen molar-refractivity contribution >= 4 is 18.5 Å². The van der Waals surface area contributed by atoms with Crippen LogP contribution in [0.15, 0.2) is 42.7 Å². The Balaban J connectivity index is 1.89. The number of nitrogens with zero attached hydrogens (tertiary/aromatic N) is 1. The van der Waals surface area contributed by atoms with Gasteiger partial charge in [-0.1, -0.05) is 18.2 Å². The SMILES string of the molecule is O=C(NCC(S)c1ncc[nH]1)c1ccccc1. The Labute approximate surface area is 105 Å². The molecule has 2 N–H and O–H groups in total. The molecule has 0 spiro atoms. The lowest BCUT2D eigenvalue weighted by atomic mass is 10.2. The van der Waals surface area contributed by atoms with Gasteiger partial charge in [0.1, 0.15) is 5.82 Å². The van der Waals surface area contributed by atoms with Gasteiger partial charge in [-0.25, -0.2) is 4.98 Å². The maximum atomic E-state index is 11.7. The van der Waals surface area contributed by atoms with Crippen LogP contribution in [0.2, 0.25) is 0 Å². The molecular weight excluding hydrogens is 234 g/mol. The zero-order chi connectivity index (χ0) is 12.1.